The van der Waals surface area contributed by atoms with E-state index in [1.54, 1.807) is 24.4 Å². The van der Waals surface area contributed by atoms with Gasteiger partial charge in [0.1, 0.15) is 16.3 Å². The van der Waals surface area contributed by atoms with E-state index in [9.17, 15) is 0 Å². The molecule has 2 N–H and O–H groups in total. The predicted octanol–water partition coefficient (Wildman–Crippen LogP) is 3.23. The highest BCUT2D eigenvalue weighted by Crippen LogP contribution is 2.33. The summed E-state index contributed by atoms with van der Waals surface area (Å²) in [6, 6.07) is 1.93. The Balaban J connectivity index is 1.99. The number of nitrogens with zero attached hydrogens (tertiary/aromatic N) is 3. The number of fused-ring (bicyclic) bond motifs is 1. The van der Waals surface area contributed by atoms with Crippen molar-refractivity contribution in [2.24, 2.45) is 0 Å². The fourth-order valence-corrected chi connectivity index (χ4v) is 2.69. The zero-order chi connectivity index (χ0) is 13.9. The first-order chi connectivity index (χ1) is 9.78. The Morgan fingerprint density at radius 2 is 2.30 bits per heavy atom. The summed E-state index contributed by atoms with van der Waals surface area (Å²) in [4.78, 5) is 17.3. The van der Waals surface area contributed by atoms with Gasteiger partial charge in [-0.25, -0.2) is 9.97 Å². The van der Waals surface area contributed by atoms with Crippen LogP contribution in [0.1, 0.15) is 19.1 Å². The van der Waals surface area contributed by atoms with E-state index in [0.29, 0.717) is 11.6 Å². The third-order valence-corrected chi connectivity index (χ3v) is 3.94. The Morgan fingerprint density at radius 3 is 3.05 bits per heavy atom. The molecule has 3 heterocycles. The number of furan rings is 1. The Hall–Kier alpha value is -2.02. The Labute approximate surface area is 120 Å². The van der Waals surface area contributed by atoms with Crippen LogP contribution in [0.4, 0.5) is 5.95 Å². The largest absolute Gasteiger partial charge is 0.468 e. The highest BCUT2D eigenvalue weighted by molar-refractivity contribution is 7.99. The third kappa shape index (κ3) is 2.49. The normalized spacial score (nSPS) is 11.1. The van der Waals surface area contributed by atoms with Crippen molar-refractivity contribution in [3.05, 3.63) is 24.4 Å². The van der Waals surface area contributed by atoms with Crippen LogP contribution in [0.2, 0.25) is 0 Å². The van der Waals surface area contributed by atoms with Gasteiger partial charge in [0.15, 0.2) is 5.65 Å². The molecule has 0 spiro atoms. The summed E-state index contributed by atoms with van der Waals surface area (Å²) in [5, 5.41) is 4.04. The maximum atomic E-state index is 5.32. The second-order valence-corrected chi connectivity index (χ2v) is 5.35. The predicted molar refractivity (Wildman–Crippen MR) is 78.0 cm³/mol. The van der Waals surface area contributed by atoms with Crippen molar-refractivity contribution < 1.29 is 4.42 Å². The number of H-pyrrole nitrogens is 1. The van der Waals surface area contributed by atoms with E-state index in [-0.39, 0.29) is 0 Å². The van der Waals surface area contributed by atoms with Crippen molar-refractivity contribution in [2.45, 2.75) is 30.2 Å². The number of rotatable bonds is 5. The molecule has 3 rings (SSSR count). The monoisotopic (exact) mass is 289 g/mol. The number of anilines is 1. The summed E-state index contributed by atoms with van der Waals surface area (Å²) in [5.41, 5.74) is 1.51. The molecule has 6 nitrogen and oxygen atoms in total. The van der Waals surface area contributed by atoms with E-state index >= 15 is 0 Å². The molecule has 20 heavy (non-hydrogen) atoms. The van der Waals surface area contributed by atoms with E-state index in [1.807, 2.05) is 13.0 Å². The highest BCUT2D eigenvalue weighted by Gasteiger charge is 2.13. The van der Waals surface area contributed by atoms with E-state index in [2.05, 4.69) is 32.2 Å². The van der Waals surface area contributed by atoms with Gasteiger partial charge in [-0.2, -0.15) is 4.98 Å². The Bertz CT molecular complexity index is 720. The van der Waals surface area contributed by atoms with Gasteiger partial charge < -0.3 is 14.7 Å². The van der Waals surface area contributed by atoms with Crippen LogP contribution < -0.4 is 5.32 Å². The maximum absolute atomic E-state index is 5.32. The summed E-state index contributed by atoms with van der Waals surface area (Å²) < 4.78 is 5.32. The van der Waals surface area contributed by atoms with E-state index < -0.39 is 0 Å². The van der Waals surface area contributed by atoms with E-state index in [4.69, 9.17) is 4.42 Å². The summed E-state index contributed by atoms with van der Waals surface area (Å²) in [5.74, 6) is 1.49. The molecule has 0 radical (unpaired) electrons. The lowest BCUT2D eigenvalue weighted by atomic mass is 10.5. The van der Waals surface area contributed by atoms with Gasteiger partial charge in [-0.1, -0.05) is 18.7 Å². The fourth-order valence-electron chi connectivity index (χ4n) is 1.78. The van der Waals surface area contributed by atoms with Gasteiger partial charge >= 0.3 is 0 Å². The van der Waals surface area contributed by atoms with Gasteiger partial charge in [0.05, 0.1) is 17.5 Å². The Morgan fingerprint density at radius 1 is 1.40 bits per heavy atom. The van der Waals surface area contributed by atoms with E-state index in [1.165, 1.54) is 0 Å². The number of hydrogen-bond donors (Lipinski definition) is 2. The zero-order valence-corrected chi connectivity index (χ0v) is 12.1. The molecule has 0 bridgehead atoms. The first-order valence-corrected chi connectivity index (χ1v) is 7.26. The molecule has 104 valence electrons. The molecular formula is C13H15N5OS. The average molecular weight is 289 g/mol. The SMILES string of the molecule is CCCNc1nc(Sc2ccoc2C)c2[nH]cnc2n1. The van der Waals surface area contributed by atoms with Crippen molar-refractivity contribution >= 4 is 28.9 Å². The standard InChI is InChI=1S/C13H15N5OS/c1-3-5-14-13-17-11-10(15-7-16-11)12(18-13)20-9-4-6-19-8(9)2/h4,6-7H,3,5H2,1-2H3,(H2,14,15,16,17,18). The van der Waals surface area contributed by atoms with Crippen LogP contribution in [0, 0.1) is 6.92 Å². The molecule has 3 aromatic rings. The molecule has 3 aromatic heterocycles. The Kier molecular flexibility index (Phi) is 3.60. The summed E-state index contributed by atoms with van der Waals surface area (Å²) in [7, 11) is 0. The molecule has 0 saturated carbocycles. The molecule has 0 aliphatic carbocycles. The van der Waals surface area contributed by atoms with Crippen molar-refractivity contribution in [2.75, 3.05) is 11.9 Å². The van der Waals surface area contributed by atoms with Crippen molar-refractivity contribution in [1.29, 1.82) is 0 Å². The number of aryl methyl sites for hydroxylation is 1. The first-order valence-electron chi connectivity index (χ1n) is 6.45. The topological polar surface area (TPSA) is 79.6 Å². The number of hydrogen-bond acceptors (Lipinski definition) is 6. The smallest absolute Gasteiger partial charge is 0.225 e. The molecule has 0 fully saturated rings. The zero-order valence-electron chi connectivity index (χ0n) is 11.3. The molecule has 7 heteroatoms. The summed E-state index contributed by atoms with van der Waals surface area (Å²) in [6.45, 7) is 4.87. The van der Waals surface area contributed by atoms with Crippen LogP contribution in [0.5, 0.6) is 0 Å². The van der Waals surface area contributed by atoms with Crippen LogP contribution in [0.25, 0.3) is 11.2 Å². The van der Waals surface area contributed by atoms with Crippen LogP contribution in [-0.2, 0) is 0 Å². The van der Waals surface area contributed by atoms with Crippen molar-refractivity contribution in [3.8, 4) is 0 Å². The van der Waals surface area contributed by atoms with Gasteiger partial charge in [-0.3, -0.25) is 0 Å². The van der Waals surface area contributed by atoms with Crippen LogP contribution in [-0.4, -0.2) is 26.5 Å². The minimum absolute atomic E-state index is 0.607. The number of imidazole rings is 1. The molecule has 0 unspecified atom stereocenters. The minimum atomic E-state index is 0.607. The highest BCUT2D eigenvalue weighted by atomic mass is 32.2. The van der Waals surface area contributed by atoms with Gasteiger partial charge in [0, 0.05) is 6.54 Å². The van der Waals surface area contributed by atoms with Crippen LogP contribution in [0.3, 0.4) is 0 Å². The molecule has 0 atom stereocenters. The van der Waals surface area contributed by atoms with Crippen molar-refractivity contribution in [3.63, 3.8) is 0 Å². The minimum Gasteiger partial charge on any atom is -0.468 e. The van der Waals surface area contributed by atoms with Gasteiger partial charge in [0.2, 0.25) is 5.95 Å². The molecule has 0 aromatic carbocycles. The number of aromatic nitrogens is 4. The lowest BCUT2D eigenvalue weighted by Gasteiger charge is -2.06. The maximum Gasteiger partial charge on any atom is 0.225 e. The van der Waals surface area contributed by atoms with Crippen molar-refractivity contribution in [1.82, 2.24) is 19.9 Å². The van der Waals surface area contributed by atoms with Crippen LogP contribution in [0.15, 0.2) is 33.0 Å². The van der Waals surface area contributed by atoms with E-state index in [0.717, 1.165) is 34.2 Å². The quantitative estimate of drug-likeness (QED) is 0.702. The molecule has 0 aliphatic heterocycles. The van der Waals surface area contributed by atoms with Crippen LogP contribution >= 0.6 is 11.8 Å². The summed E-state index contributed by atoms with van der Waals surface area (Å²) in [6.07, 6.45) is 4.33. The second kappa shape index (κ2) is 5.54. The number of nitrogens with one attached hydrogen (secondary N) is 2. The van der Waals surface area contributed by atoms with Gasteiger partial charge in [-0.05, 0) is 19.4 Å². The second-order valence-electron chi connectivity index (χ2n) is 4.32. The lowest BCUT2D eigenvalue weighted by molar-refractivity contribution is 0.527. The summed E-state index contributed by atoms with van der Waals surface area (Å²) >= 11 is 1.55. The lowest BCUT2D eigenvalue weighted by Crippen LogP contribution is -2.05. The molecule has 0 amide bonds. The average Bonchev–Trinajstić information content (AvgIpc) is 3.06. The third-order valence-electron chi connectivity index (χ3n) is 2.80. The molecular weight excluding hydrogens is 274 g/mol. The van der Waals surface area contributed by atoms with Gasteiger partial charge in [-0.15, -0.1) is 0 Å². The molecule has 0 aliphatic rings. The first kappa shape index (κ1) is 13.0. The fraction of sp³-hybridized carbons (Fsp3) is 0.308. The van der Waals surface area contributed by atoms with Gasteiger partial charge in [0.25, 0.3) is 0 Å². The molecule has 0 saturated heterocycles. The number of aromatic amines is 1.